The molecule has 0 spiro atoms. The zero-order chi connectivity index (χ0) is 18.1. The van der Waals surface area contributed by atoms with Gasteiger partial charge in [-0.1, -0.05) is 25.6 Å². The van der Waals surface area contributed by atoms with Crippen LogP contribution < -0.4 is 11.5 Å². The van der Waals surface area contributed by atoms with Gasteiger partial charge in [0.15, 0.2) is 5.96 Å². The number of carbonyl (C=O) groups excluding carboxylic acids is 1. The first-order chi connectivity index (χ1) is 11.9. The van der Waals surface area contributed by atoms with Crippen molar-refractivity contribution in [1.29, 1.82) is 0 Å². The minimum atomic E-state index is -0.967. The molecule has 26 heavy (non-hydrogen) atoms. The van der Waals surface area contributed by atoms with Crippen molar-refractivity contribution < 1.29 is 18.7 Å². The van der Waals surface area contributed by atoms with Crippen molar-refractivity contribution in [3.05, 3.63) is 59.2 Å². The number of β-amino-alcohol motifs (C(OH)–C–C–N with tert-alkyl or cyclic N) is 1. The summed E-state index contributed by atoms with van der Waals surface area (Å²) >= 11 is 0. The van der Waals surface area contributed by atoms with Gasteiger partial charge < -0.3 is 21.5 Å². The maximum atomic E-state index is 14.2. The lowest BCUT2D eigenvalue weighted by Gasteiger charge is -2.32. The van der Waals surface area contributed by atoms with E-state index in [-0.39, 0.29) is 32.0 Å². The van der Waals surface area contributed by atoms with Gasteiger partial charge in [-0.25, -0.2) is 13.6 Å². The fraction of sp³-hybridized carbons (Fsp3) is 0.222. The van der Waals surface area contributed by atoms with Gasteiger partial charge in [0.25, 0.3) is 0 Å². The Labute approximate surface area is 149 Å². The van der Waals surface area contributed by atoms with E-state index in [1.54, 1.807) is 18.2 Å². The highest BCUT2D eigenvalue weighted by atomic mass is 19.1. The Hall–Kier alpha value is -3.00. The second-order valence-electron chi connectivity index (χ2n) is 5.71. The summed E-state index contributed by atoms with van der Waals surface area (Å²) < 4.78 is 27.4. The summed E-state index contributed by atoms with van der Waals surface area (Å²) in [6, 6.07) is 7.59. The molecule has 0 aliphatic carbocycles. The summed E-state index contributed by atoms with van der Waals surface area (Å²) in [4.78, 5) is 16.8. The van der Waals surface area contributed by atoms with E-state index in [1.165, 1.54) is 11.0 Å². The van der Waals surface area contributed by atoms with E-state index in [4.69, 9.17) is 11.5 Å². The minimum Gasteiger partial charge on any atom is -0.387 e. The second-order valence-corrected chi connectivity index (χ2v) is 5.71. The Bertz CT molecular complexity index is 866. The highest BCUT2D eigenvalue weighted by Gasteiger charge is 2.29. The molecule has 2 amide bonds. The summed E-state index contributed by atoms with van der Waals surface area (Å²) in [5.74, 6) is -1.80. The number of urea groups is 1. The number of amides is 2. The smallest absolute Gasteiger partial charge is 0.347 e. The van der Waals surface area contributed by atoms with Gasteiger partial charge in [-0.2, -0.15) is 4.99 Å². The van der Waals surface area contributed by atoms with Crippen molar-refractivity contribution in [3.63, 3.8) is 0 Å². The first kappa shape index (κ1) is 19.3. The summed E-state index contributed by atoms with van der Waals surface area (Å²) in [6.45, 7) is 0.104. The molecule has 138 valence electrons. The van der Waals surface area contributed by atoms with Crippen LogP contribution in [-0.2, 0) is 6.54 Å². The average molecular weight is 362 g/mol. The van der Waals surface area contributed by atoms with Gasteiger partial charge in [0, 0.05) is 18.2 Å². The van der Waals surface area contributed by atoms with Gasteiger partial charge >= 0.3 is 6.03 Å². The van der Waals surface area contributed by atoms with E-state index < -0.39 is 23.8 Å². The highest BCUT2D eigenvalue weighted by Crippen LogP contribution is 2.35. The molecule has 0 fully saturated rings. The molecular formula is C18H20F2N4O2. The number of hydrogen-bond acceptors (Lipinski definition) is 2. The molecule has 1 heterocycles. The van der Waals surface area contributed by atoms with Gasteiger partial charge in [-0.3, -0.25) is 0 Å². The SMILES string of the molecule is C.NC(N)=NC(=O)N1Cc2c(-c3ccc(F)cc3F)cccc2C(O)C1. The lowest BCUT2D eigenvalue weighted by molar-refractivity contribution is 0.108. The number of halogens is 2. The van der Waals surface area contributed by atoms with Gasteiger partial charge in [0.2, 0.25) is 0 Å². The molecule has 0 saturated carbocycles. The molecule has 1 atom stereocenters. The van der Waals surface area contributed by atoms with Crippen LogP contribution in [0.25, 0.3) is 11.1 Å². The van der Waals surface area contributed by atoms with Gasteiger partial charge in [0.05, 0.1) is 12.6 Å². The number of guanidine groups is 1. The van der Waals surface area contributed by atoms with E-state index in [2.05, 4.69) is 4.99 Å². The van der Waals surface area contributed by atoms with Crippen LogP contribution >= 0.6 is 0 Å². The molecule has 0 saturated heterocycles. The zero-order valence-corrected chi connectivity index (χ0v) is 13.1. The van der Waals surface area contributed by atoms with Crippen molar-refractivity contribution >= 4 is 12.0 Å². The monoisotopic (exact) mass is 362 g/mol. The normalized spacial score (nSPS) is 15.7. The number of rotatable bonds is 1. The number of nitrogens with zero attached hydrogens (tertiary/aromatic N) is 2. The molecule has 0 radical (unpaired) electrons. The maximum Gasteiger partial charge on any atom is 0.347 e. The van der Waals surface area contributed by atoms with Crippen LogP contribution in [0, 0.1) is 11.6 Å². The number of hydrogen-bond donors (Lipinski definition) is 3. The van der Waals surface area contributed by atoms with Crippen molar-refractivity contribution in [3.8, 4) is 11.1 Å². The van der Waals surface area contributed by atoms with Crippen LogP contribution in [0.2, 0.25) is 0 Å². The fourth-order valence-electron chi connectivity index (χ4n) is 2.94. The number of carbonyl (C=O) groups is 1. The Kier molecular flexibility index (Phi) is 5.56. The fourth-order valence-corrected chi connectivity index (χ4v) is 2.94. The Morgan fingerprint density at radius 1 is 1.19 bits per heavy atom. The third-order valence-electron chi connectivity index (χ3n) is 4.03. The lowest BCUT2D eigenvalue weighted by atomic mass is 9.89. The molecule has 1 unspecified atom stereocenters. The van der Waals surface area contributed by atoms with Crippen LogP contribution in [0.5, 0.6) is 0 Å². The number of aliphatic hydroxyl groups excluding tert-OH is 1. The Morgan fingerprint density at radius 2 is 1.92 bits per heavy atom. The van der Waals surface area contributed by atoms with E-state index >= 15 is 0 Å². The summed E-state index contributed by atoms with van der Waals surface area (Å²) in [5.41, 5.74) is 12.2. The molecule has 3 rings (SSSR count). The van der Waals surface area contributed by atoms with E-state index in [9.17, 15) is 18.7 Å². The van der Waals surface area contributed by atoms with Gasteiger partial charge in [-0.15, -0.1) is 0 Å². The molecule has 1 aliphatic heterocycles. The van der Waals surface area contributed by atoms with E-state index in [1.807, 2.05) is 0 Å². The average Bonchev–Trinajstić information content (AvgIpc) is 2.54. The third-order valence-corrected chi connectivity index (χ3v) is 4.03. The molecule has 8 heteroatoms. The van der Waals surface area contributed by atoms with E-state index in [0.29, 0.717) is 16.7 Å². The predicted octanol–water partition coefficient (Wildman–Crippen LogP) is 2.51. The second kappa shape index (κ2) is 7.49. The standard InChI is InChI=1S/C17H16F2N4O2.CH4/c18-9-4-5-11(14(19)6-9)10-2-1-3-12-13(10)7-23(8-15(12)24)17(25)22-16(20)21;/h1-6,15,24H,7-8H2,(H4,20,21,22,25);1H4. The number of benzene rings is 2. The molecule has 0 aromatic heterocycles. The van der Waals surface area contributed by atoms with Crippen molar-refractivity contribution in [2.75, 3.05) is 6.54 Å². The molecule has 2 aromatic carbocycles. The number of aliphatic imine (C=N–C) groups is 1. The zero-order valence-electron chi connectivity index (χ0n) is 13.1. The van der Waals surface area contributed by atoms with Crippen LogP contribution in [0.3, 0.4) is 0 Å². The Balaban J connectivity index is 0.00000243. The van der Waals surface area contributed by atoms with Crippen LogP contribution in [-0.4, -0.2) is 28.5 Å². The number of nitrogens with two attached hydrogens (primary N) is 2. The van der Waals surface area contributed by atoms with Crippen molar-refractivity contribution in [2.24, 2.45) is 16.5 Å². The van der Waals surface area contributed by atoms with Crippen molar-refractivity contribution in [2.45, 2.75) is 20.1 Å². The molecule has 0 bridgehead atoms. The summed E-state index contributed by atoms with van der Waals surface area (Å²) in [5, 5.41) is 10.3. The van der Waals surface area contributed by atoms with Gasteiger partial charge in [0.1, 0.15) is 11.6 Å². The van der Waals surface area contributed by atoms with Crippen molar-refractivity contribution in [1.82, 2.24) is 4.90 Å². The third kappa shape index (κ3) is 3.65. The topological polar surface area (TPSA) is 105 Å². The number of fused-ring (bicyclic) bond motifs is 1. The highest BCUT2D eigenvalue weighted by molar-refractivity contribution is 5.90. The van der Waals surface area contributed by atoms with Crippen LogP contribution in [0.4, 0.5) is 13.6 Å². The van der Waals surface area contributed by atoms with Gasteiger partial charge in [-0.05, 0) is 28.8 Å². The largest absolute Gasteiger partial charge is 0.387 e. The molecule has 1 aliphatic rings. The maximum absolute atomic E-state index is 14.2. The van der Waals surface area contributed by atoms with Crippen LogP contribution in [0.15, 0.2) is 41.4 Å². The van der Waals surface area contributed by atoms with Crippen LogP contribution in [0.1, 0.15) is 24.7 Å². The molecular weight excluding hydrogens is 342 g/mol. The first-order valence-electron chi connectivity index (χ1n) is 7.50. The van der Waals surface area contributed by atoms with E-state index in [0.717, 1.165) is 12.1 Å². The lowest BCUT2D eigenvalue weighted by Crippen LogP contribution is -2.38. The molecule has 2 aromatic rings. The summed E-state index contributed by atoms with van der Waals surface area (Å²) in [6.07, 6.45) is -0.967. The predicted molar refractivity (Wildman–Crippen MR) is 95.1 cm³/mol. The minimum absolute atomic E-state index is 0. The first-order valence-corrected chi connectivity index (χ1v) is 7.50. The molecule has 6 nitrogen and oxygen atoms in total. The Morgan fingerprint density at radius 3 is 2.58 bits per heavy atom. The quantitative estimate of drug-likeness (QED) is 0.535. The molecule has 5 N–H and O–H groups in total. The number of aliphatic hydroxyl groups is 1. The summed E-state index contributed by atoms with van der Waals surface area (Å²) in [7, 11) is 0.